The minimum atomic E-state index is -4.70. The lowest BCUT2D eigenvalue weighted by atomic mass is 10.2. The first-order valence-corrected chi connectivity index (χ1v) is 8.08. The molecule has 3 N–H and O–H groups in total. The summed E-state index contributed by atoms with van der Waals surface area (Å²) in [7, 11) is 0. The molecule has 0 unspecified atom stereocenters. The molecule has 3 rings (SSSR count). The number of halogens is 4. The van der Waals surface area contributed by atoms with E-state index in [4.69, 9.17) is 5.73 Å². The third-order valence-corrected chi connectivity index (χ3v) is 3.63. The fourth-order valence-electron chi connectivity index (χ4n) is 2.39. The minimum absolute atomic E-state index is 0. The molecule has 2 heterocycles. The molecule has 0 aliphatic heterocycles. The zero-order valence-electron chi connectivity index (χ0n) is 14.6. The number of rotatable bonds is 6. The van der Waals surface area contributed by atoms with Crippen LogP contribution < -0.4 is 15.8 Å². The van der Waals surface area contributed by atoms with E-state index in [1.165, 1.54) is 24.3 Å². The highest BCUT2D eigenvalue weighted by Crippen LogP contribution is 2.22. The molecule has 11 heteroatoms. The van der Waals surface area contributed by atoms with Crippen LogP contribution in [0.5, 0.6) is 5.75 Å². The van der Waals surface area contributed by atoms with Gasteiger partial charge < -0.3 is 15.8 Å². The summed E-state index contributed by atoms with van der Waals surface area (Å²) >= 11 is 0. The Morgan fingerprint density at radius 2 is 1.89 bits per heavy atom. The number of ether oxygens (including phenoxy) is 1. The van der Waals surface area contributed by atoms with Gasteiger partial charge in [-0.15, -0.1) is 47.3 Å². The van der Waals surface area contributed by atoms with Crippen LogP contribution >= 0.6 is 24.0 Å². The number of hydrogen-bond donors (Lipinski definition) is 2. The van der Waals surface area contributed by atoms with Gasteiger partial charge in [-0.3, -0.25) is 4.40 Å². The van der Waals surface area contributed by atoms with E-state index in [1.807, 2.05) is 28.8 Å². The minimum Gasteiger partial charge on any atom is -0.406 e. The Hall–Kier alpha value is -2.57. The monoisotopic (exact) mass is 506 g/mol. The zero-order valence-corrected chi connectivity index (χ0v) is 16.9. The van der Waals surface area contributed by atoms with Gasteiger partial charge in [-0.1, -0.05) is 18.2 Å². The summed E-state index contributed by atoms with van der Waals surface area (Å²) in [5.41, 5.74) is 7.29. The van der Waals surface area contributed by atoms with Crippen LogP contribution in [0.25, 0.3) is 5.65 Å². The summed E-state index contributed by atoms with van der Waals surface area (Å²) in [4.78, 5) is 4.16. The smallest absolute Gasteiger partial charge is 0.406 e. The molecule has 0 saturated heterocycles. The first kappa shape index (κ1) is 21.7. The fraction of sp³-hybridized carbons (Fsp3) is 0.235. The highest BCUT2D eigenvalue weighted by Gasteiger charge is 2.30. The second kappa shape index (κ2) is 9.57. The van der Waals surface area contributed by atoms with E-state index in [0.717, 1.165) is 11.5 Å². The van der Waals surface area contributed by atoms with Crippen LogP contribution in [0.3, 0.4) is 0 Å². The van der Waals surface area contributed by atoms with Crippen molar-refractivity contribution in [2.45, 2.75) is 19.3 Å². The van der Waals surface area contributed by atoms with Crippen LogP contribution in [0, 0.1) is 0 Å². The third kappa shape index (κ3) is 6.25. The number of guanidine groups is 1. The lowest BCUT2D eigenvalue weighted by molar-refractivity contribution is -0.274. The highest BCUT2D eigenvalue weighted by molar-refractivity contribution is 14.0. The van der Waals surface area contributed by atoms with Gasteiger partial charge in [0.15, 0.2) is 11.6 Å². The molecule has 0 atom stereocenters. The molecule has 0 spiro atoms. The first-order valence-electron chi connectivity index (χ1n) is 8.08. The molecule has 150 valence electrons. The van der Waals surface area contributed by atoms with Crippen LogP contribution in [0.4, 0.5) is 13.2 Å². The van der Waals surface area contributed by atoms with Gasteiger partial charge >= 0.3 is 6.36 Å². The molecule has 0 bridgehead atoms. The molecule has 0 aliphatic rings. The lowest BCUT2D eigenvalue weighted by Crippen LogP contribution is -2.33. The summed E-state index contributed by atoms with van der Waals surface area (Å²) in [6.45, 7) is 0.752. The van der Waals surface area contributed by atoms with Crippen LogP contribution in [0.1, 0.15) is 11.4 Å². The van der Waals surface area contributed by atoms with Gasteiger partial charge in [0.05, 0.1) is 6.54 Å². The summed E-state index contributed by atoms with van der Waals surface area (Å²) in [6.07, 6.45) is -2.22. The molecule has 2 aromatic heterocycles. The maximum atomic E-state index is 12.1. The van der Waals surface area contributed by atoms with Gasteiger partial charge in [0, 0.05) is 19.2 Å². The predicted octanol–water partition coefficient (Wildman–Crippen LogP) is 2.89. The lowest BCUT2D eigenvalue weighted by Gasteiger charge is -2.09. The second-order valence-corrected chi connectivity index (χ2v) is 5.62. The molecule has 7 nitrogen and oxygen atoms in total. The maximum absolute atomic E-state index is 12.1. The number of aromatic nitrogens is 3. The van der Waals surface area contributed by atoms with Crippen molar-refractivity contribution in [2.24, 2.45) is 10.7 Å². The Kier molecular flexibility index (Phi) is 7.43. The number of hydrogen-bond acceptors (Lipinski definition) is 4. The number of benzene rings is 1. The molecule has 3 aromatic rings. The molecule has 0 fully saturated rings. The van der Waals surface area contributed by atoms with E-state index in [0.29, 0.717) is 18.5 Å². The van der Waals surface area contributed by atoms with E-state index in [9.17, 15) is 13.2 Å². The van der Waals surface area contributed by atoms with Crippen LogP contribution in [-0.2, 0) is 13.0 Å². The van der Waals surface area contributed by atoms with Gasteiger partial charge in [-0.05, 0) is 29.8 Å². The molecule has 0 amide bonds. The van der Waals surface area contributed by atoms with E-state index >= 15 is 0 Å². The highest BCUT2D eigenvalue weighted by atomic mass is 127. The number of aliphatic imine (C=N–C) groups is 1. The van der Waals surface area contributed by atoms with E-state index in [2.05, 4.69) is 25.2 Å². The van der Waals surface area contributed by atoms with E-state index in [1.54, 1.807) is 0 Å². The summed E-state index contributed by atoms with van der Waals surface area (Å²) in [5.74, 6) is 0.757. The molecule has 28 heavy (non-hydrogen) atoms. The van der Waals surface area contributed by atoms with Crippen LogP contribution in [-0.4, -0.2) is 33.5 Å². The average Bonchev–Trinajstić information content (AvgIpc) is 3.03. The first-order chi connectivity index (χ1) is 12.9. The Bertz CT molecular complexity index is 927. The molecule has 0 radical (unpaired) electrons. The summed E-state index contributed by atoms with van der Waals surface area (Å²) in [5, 5.41) is 11.2. The molecule has 1 aromatic carbocycles. The van der Waals surface area contributed by atoms with Crippen molar-refractivity contribution < 1.29 is 17.9 Å². The average molecular weight is 506 g/mol. The van der Waals surface area contributed by atoms with Gasteiger partial charge in [-0.25, -0.2) is 4.99 Å². The number of nitrogens with zero attached hydrogens (tertiary/aromatic N) is 4. The van der Waals surface area contributed by atoms with Crippen LogP contribution in [0.2, 0.25) is 0 Å². The van der Waals surface area contributed by atoms with Crippen molar-refractivity contribution in [1.29, 1.82) is 0 Å². The Balaban J connectivity index is 0.00000280. The van der Waals surface area contributed by atoms with Crippen molar-refractivity contribution in [3.63, 3.8) is 0 Å². The third-order valence-electron chi connectivity index (χ3n) is 3.63. The topological polar surface area (TPSA) is 89.8 Å². The van der Waals surface area contributed by atoms with Crippen molar-refractivity contribution in [1.82, 2.24) is 19.9 Å². The van der Waals surface area contributed by atoms with Gasteiger partial charge in [0.25, 0.3) is 0 Å². The van der Waals surface area contributed by atoms with Crippen LogP contribution in [0.15, 0.2) is 53.7 Å². The maximum Gasteiger partial charge on any atom is 0.573 e. The molecule has 0 aliphatic carbocycles. The number of fused-ring (bicyclic) bond motifs is 1. The van der Waals surface area contributed by atoms with E-state index in [-0.39, 0.29) is 42.2 Å². The van der Waals surface area contributed by atoms with Gasteiger partial charge in [0.2, 0.25) is 0 Å². The number of alkyl halides is 3. The standard InChI is InChI=1S/C17H17F3N6O.HI/c18-17(19,20)27-13-6-4-12(5-7-13)11-23-16(21)22-9-8-15-25-24-14-3-1-2-10-26(14)15;/h1-7,10H,8-9,11H2,(H3,21,22,23);1H. The molecule has 0 saturated carbocycles. The number of pyridine rings is 1. The number of nitrogens with two attached hydrogens (primary N) is 1. The zero-order chi connectivity index (χ0) is 19.3. The van der Waals surface area contributed by atoms with Crippen molar-refractivity contribution in [3.8, 4) is 5.75 Å². The fourth-order valence-corrected chi connectivity index (χ4v) is 2.39. The SMILES string of the molecule is I.NC(=NCc1ccc(OC(F)(F)F)cc1)NCCc1nnc2ccccn12. The summed E-state index contributed by atoms with van der Waals surface area (Å²) in [6, 6.07) is 11.1. The predicted molar refractivity (Wildman–Crippen MR) is 109 cm³/mol. The Labute approximate surface area is 175 Å². The van der Waals surface area contributed by atoms with Crippen molar-refractivity contribution in [3.05, 3.63) is 60.0 Å². The second-order valence-electron chi connectivity index (χ2n) is 5.62. The number of nitrogens with one attached hydrogen (secondary N) is 1. The molecular weight excluding hydrogens is 488 g/mol. The van der Waals surface area contributed by atoms with Gasteiger partial charge in [-0.2, -0.15) is 0 Å². The largest absolute Gasteiger partial charge is 0.573 e. The van der Waals surface area contributed by atoms with Gasteiger partial charge in [0.1, 0.15) is 11.6 Å². The Morgan fingerprint density at radius 3 is 2.61 bits per heavy atom. The van der Waals surface area contributed by atoms with E-state index < -0.39 is 6.36 Å². The normalized spacial score (nSPS) is 11.9. The summed E-state index contributed by atoms with van der Waals surface area (Å²) < 4.78 is 42.1. The quantitative estimate of drug-likeness (QED) is 0.305. The Morgan fingerprint density at radius 1 is 1.14 bits per heavy atom. The van der Waals surface area contributed by atoms with Crippen molar-refractivity contribution in [2.75, 3.05) is 6.54 Å². The molecular formula is C17H18F3IN6O. The van der Waals surface area contributed by atoms with Crippen molar-refractivity contribution >= 4 is 35.6 Å².